The van der Waals surface area contributed by atoms with Crippen LogP contribution in [0.1, 0.15) is 5.56 Å². The smallest absolute Gasteiger partial charge is 0.270 e. The molecule has 24 heavy (non-hydrogen) atoms. The molecule has 0 saturated carbocycles. The van der Waals surface area contributed by atoms with E-state index in [4.69, 9.17) is 10.00 Å². The molecule has 1 N–H and O–H groups in total. The average Bonchev–Trinajstić information content (AvgIpc) is 2.55. The summed E-state index contributed by atoms with van der Waals surface area (Å²) in [6.07, 6.45) is 0. The van der Waals surface area contributed by atoms with Crippen molar-refractivity contribution >= 4 is 21.4 Å². The summed E-state index contributed by atoms with van der Waals surface area (Å²) in [5, 5.41) is 19.7. The van der Waals surface area contributed by atoms with Gasteiger partial charge in [-0.2, -0.15) is 5.26 Å². The Labute approximate surface area is 138 Å². The second kappa shape index (κ2) is 7.43. The lowest BCUT2D eigenvalue weighted by molar-refractivity contribution is -0.384. The molecule has 0 unspecified atom stereocenters. The molecule has 2 aromatic rings. The van der Waals surface area contributed by atoms with Crippen LogP contribution >= 0.6 is 0 Å². The second-order valence-corrected chi connectivity index (χ2v) is 6.52. The van der Waals surface area contributed by atoms with Crippen LogP contribution in [0.25, 0.3) is 0 Å². The average molecular weight is 347 g/mol. The zero-order valence-corrected chi connectivity index (χ0v) is 13.2. The van der Waals surface area contributed by atoms with Crippen molar-refractivity contribution in [3.05, 3.63) is 64.2 Å². The molecule has 2 aromatic carbocycles. The summed E-state index contributed by atoms with van der Waals surface area (Å²) in [6.45, 7) is -0.0752. The van der Waals surface area contributed by atoms with Gasteiger partial charge in [-0.3, -0.25) is 14.8 Å². The standard InChI is InChI=1S/C15H13N3O5S/c16-11-12-10-13(18(19)20)6-7-15(12)17-24(21,22)9-8-23-14-4-2-1-3-5-14/h1-7,10,17H,8-9H2. The lowest BCUT2D eigenvalue weighted by Gasteiger charge is -2.10. The van der Waals surface area contributed by atoms with Crippen molar-refractivity contribution < 1.29 is 18.1 Å². The number of nitriles is 1. The fourth-order valence-electron chi connectivity index (χ4n) is 1.83. The molecule has 0 bridgehead atoms. The summed E-state index contributed by atoms with van der Waals surface area (Å²) < 4.78 is 31.6. The van der Waals surface area contributed by atoms with Crippen LogP contribution in [0.15, 0.2) is 48.5 Å². The van der Waals surface area contributed by atoms with Gasteiger partial charge in [0, 0.05) is 12.1 Å². The Morgan fingerprint density at radius 2 is 1.92 bits per heavy atom. The predicted octanol–water partition coefficient (Wildman–Crippen LogP) is 2.29. The molecule has 0 atom stereocenters. The molecule has 0 spiro atoms. The highest BCUT2D eigenvalue weighted by Gasteiger charge is 2.16. The summed E-state index contributed by atoms with van der Waals surface area (Å²) in [5.41, 5.74) is -0.429. The first-order valence-corrected chi connectivity index (χ1v) is 8.43. The lowest BCUT2D eigenvalue weighted by Crippen LogP contribution is -2.21. The van der Waals surface area contributed by atoms with Crippen LogP contribution in [0.3, 0.4) is 0 Å². The first-order valence-electron chi connectivity index (χ1n) is 6.78. The molecule has 0 amide bonds. The number of hydrogen-bond acceptors (Lipinski definition) is 6. The van der Waals surface area contributed by atoms with Gasteiger partial charge in [-0.15, -0.1) is 0 Å². The van der Waals surface area contributed by atoms with Crippen molar-refractivity contribution in [2.75, 3.05) is 17.1 Å². The first kappa shape index (κ1) is 17.2. The number of non-ortho nitro benzene ring substituents is 1. The number of ether oxygens (including phenoxy) is 1. The van der Waals surface area contributed by atoms with E-state index in [0.717, 1.165) is 12.1 Å². The first-order chi connectivity index (χ1) is 11.4. The summed E-state index contributed by atoms with van der Waals surface area (Å²) in [6, 6.07) is 13.8. The van der Waals surface area contributed by atoms with Crippen LogP contribution < -0.4 is 9.46 Å². The number of hydrogen-bond donors (Lipinski definition) is 1. The SMILES string of the molecule is N#Cc1cc([N+](=O)[O-])ccc1NS(=O)(=O)CCOc1ccccc1. The summed E-state index contributed by atoms with van der Waals surface area (Å²) >= 11 is 0. The van der Waals surface area contributed by atoms with E-state index in [2.05, 4.69) is 4.72 Å². The molecule has 0 aliphatic rings. The Kier molecular flexibility index (Phi) is 5.34. The van der Waals surface area contributed by atoms with Crippen LogP contribution in [0.2, 0.25) is 0 Å². The maximum Gasteiger partial charge on any atom is 0.270 e. The zero-order valence-electron chi connectivity index (χ0n) is 12.4. The van der Waals surface area contributed by atoms with Gasteiger partial charge < -0.3 is 4.74 Å². The van der Waals surface area contributed by atoms with Crippen LogP contribution in [0, 0.1) is 21.4 Å². The van der Waals surface area contributed by atoms with Crippen LogP contribution in [-0.2, 0) is 10.0 Å². The van der Waals surface area contributed by atoms with E-state index in [1.807, 2.05) is 6.07 Å². The molecule has 0 aliphatic heterocycles. The minimum Gasteiger partial charge on any atom is -0.492 e. The molecule has 0 aromatic heterocycles. The Balaban J connectivity index is 2.03. The number of nitro groups is 1. The topological polar surface area (TPSA) is 122 Å². The number of nitrogens with one attached hydrogen (secondary N) is 1. The number of sulfonamides is 1. The van der Waals surface area contributed by atoms with E-state index in [1.54, 1.807) is 30.3 Å². The minimum atomic E-state index is -3.77. The molecule has 2 rings (SSSR count). The monoisotopic (exact) mass is 347 g/mol. The third-order valence-corrected chi connectivity index (χ3v) is 4.20. The molecule has 0 fully saturated rings. The van der Waals surface area contributed by atoms with Gasteiger partial charge in [0.2, 0.25) is 10.0 Å². The second-order valence-electron chi connectivity index (χ2n) is 4.68. The highest BCUT2D eigenvalue weighted by atomic mass is 32.2. The summed E-state index contributed by atoms with van der Waals surface area (Å²) in [5.74, 6) is 0.213. The Bertz CT molecular complexity index is 876. The molecule has 8 nitrogen and oxygen atoms in total. The van der Waals surface area contributed by atoms with E-state index in [-0.39, 0.29) is 29.3 Å². The van der Waals surface area contributed by atoms with E-state index in [9.17, 15) is 18.5 Å². The van der Waals surface area contributed by atoms with Crippen molar-refractivity contribution in [3.8, 4) is 11.8 Å². The predicted molar refractivity (Wildman–Crippen MR) is 87.2 cm³/mol. The molecule has 0 aliphatic carbocycles. The quantitative estimate of drug-likeness (QED) is 0.605. The minimum absolute atomic E-state index is 0.0113. The molecule has 0 saturated heterocycles. The molecular weight excluding hydrogens is 334 g/mol. The molecule has 0 radical (unpaired) electrons. The van der Waals surface area contributed by atoms with E-state index < -0.39 is 14.9 Å². The maximum absolute atomic E-state index is 12.0. The molecule has 124 valence electrons. The van der Waals surface area contributed by atoms with Crippen molar-refractivity contribution in [1.82, 2.24) is 0 Å². The van der Waals surface area contributed by atoms with Crippen LogP contribution in [0.4, 0.5) is 11.4 Å². The molecule has 0 heterocycles. The maximum atomic E-state index is 12.0. The third kappa shape index (κ3) is 4.69. The van der Waals surface area contributed by atoms with Crippen LogP contribution in [0.5, 0.6) is 5.75 Å². The number of rotatable bonds is 7. The van der Waals surface area contributed by atoms with Gasteiger partial charge in [-0.05, 0) is 18.2 Å². The van der Waals surface area contributed by atoms with Crippen molar-refractivity contribution in [1.29, 1.82) is 5.26 Å². The fourth-order valence-corrected chi connectivity index (χ4v) is 2.75. The van der Waals surface area contributed by atoms with Crippen molar-refractivity contribution in [3.63, 3.8) is 0 Å². The molecular formula is C15H13N3O5S. The molecule has 9 heteroatoms. The van der Waals surface area contributed by atoms with Crippen molar-refractivity contribution in [2.24, 2.45) is 0 Å². The number of para-hydroxylation sites is 1. The van der Waals surface area contributed by atoms with Gasteiger partial charge in [-0.1, -0.05) is 18.2 Å². The third-order valence-electron chi connectivity index (χ3n) is 2.96. The van der Waals surface area contributed by atoms with Gasteiger partial charge in [0.05, 0.1) is 16.2 Å². The Hall–Kier alpha value is -3.12. The summed E-state index contributed by atoms with van der Waals surface area (Å²) in [7, 11) is -3.77. The highest BCUT2D eigenvalue weighted by molar-refractivity contribution is 7.92. The zero-order chi connectivity index (χ0) is 17.6. The van der Waals surface area contributed by atoms with Gasteiger partial charge in [0.15, 0.2) is 0 Å². The number of anilines is 1. The number of nitro benzene ring substituents is 1. The van der Waals surface area contributed by atoms with E-state index >= 15 is 0 Å². The Morgan fingerprint density at radius 1 is 1.21 bits per heavy atom. The van der Waals surface area contributed by atoms with Gasteiger partial charge in [0.25, 0.3) is 5.69 Å². The normalized spacial score (nSPS) is 10.6. The fraction of sp³-hybridized carbons (Fsp3) is 0.133. The van der Waals surface area contributed by atoms with Crippen LogP contribution in [-0.4, -0.2) is 25.7 Å². The van der Waals surface area contributed by atoms with Gasteiger partial charge >= 0.3 is 0 Å². The van der Waals surface area contributed by atoms with E-state index in [1.165, 1.54) is 6.07 Å². The number of benzene rings is 2. The van der Waals surface area contributed by atoms with Crippen molar-refractivity contribution in [2.45, 2.75) is 0 Å². The van der Waals surface area contributed by atoms with Gasteiger partial charge in [0.1, 0.15) is 24.2 Å². The largest absolute Gasteiger partial charge is 0.492 e. The van der Waals surface area contributed by atoms with E-state index in [0.29, 0.717) is 5.75 Å². The highest BCUT2D eigenvalue weighted by Crippen LogP contribution is 2.22. The summed E-state index contributed by atoms with van der Waals surface area (Å²) in [4.78, 5) is 10.0. The number of nitrogens with zero attached hydrogens (tertiary/aromatic N) is 2. The van der Waals surface area contributed by atoms with Gasteiger partial charge in [-0.25, -0.2) is 8.42 Å². The Morgan fingerprint density at radius 3 is 2.54 bits per heavy atom. The lowest BCUT2D eigenvalue weighted by atomic mass is 10.2.